The minimum absolute atomic E-state index is 0.329. The lowest BCUT2D eigenvalue weighted by molar-refractivity contribution is 0.0527. The van der Waals surface area contributed by atoms with Crippen LogP contribution in [0.2, 0.25) is 0 Å². The van der Waals surface area contributed by atoms with Crippen LogP contribution in [0.4, 0.5) is 11.4 Å². The first kappa shape index (κ1) is 13.9. The van der Waals surface area contributed by atoms with Crippen molar-refractivity contribution in [3.8, 4) is 5.75 Å². The second kappa shape index (κ2) is 6.56. The fourth-order valence-electron chi connectivity index (χ4n) is 1.70. The molecule has 0 aliphatic carbocycles. The van der Waals surface area contributed by atoms with Gasteiger partial charge in [-0.1, -0.05) is 0 Å². The van der Waals surface area contributed by atoms with E-state index in [-0.39, 0.29) is 0 Å². The molecule has 0 aliphatic heterocycles. The first-order chi connectivity index (χ1) is 9.74. The molecule has 0 amide bonds. The van der Waals surface area contributed by atoms with E-state index in [1.807, 2.05) is 24.3 Å². The minimum atomic E-state index is -0.392. The molecule has 2 aromatic rings. The molecule has 0 saturated heterocycles. The summed E-state index contributed by atoms with van der Waals surface area (Å²) in [6.45, 7) is 2.10. The topological polar surface area (TPSA) is 60.5 Å². The molecule has 2 rings (SSSR count). The normalized spacial score (nSPS) is 9.90. The Kier molecular flexibility index (Phi) is 4.55. The number of rotatable bonds is 5. The summed E-state index contributed by atoms with van der Waals surface area (Å²) in [6, 6.07) is 9.15. The van der Waals surface area contributed by atoms with E-state index in [1.54, 1.807) is 26.3 Å². The van der Waals surface area contributed by atoms with E-state index < -0.39 is 5.97 Å². The van der Waals surface area contributed by atoms with Crippen LogP contribution in [0.25, 0.3) is 0 Å². The van der Waals surface area contributed by atoms with Crippen LogP contribution in [0.1, 0.15) is 17.3 Å². The monoisotopic (exact) mass is 272 g/mol. The highest BCUT2D eigenvalue weighted by Crippen LogP contribution is 2.22. The molecule has 1 aromatic carbocycles. The van der Waals surface area contributed by atoms with E-state index in [2.05, 4.69) is 10.3 Å². The number of carbonyl (C=O) groups is 1. The maximum atomic E-state index is 11.8. The first-order valence-corrected chi connectivity index (χ1v) is 6.26. The van der Waals surface area contributed by atoms with Gasteiger partial charge in [0.2, 0.25) is 0 Å². The summed E-state index contributed by atoms with van der Waals surface area (Å²) in [6.07, 6.45) is 3.11. The van der Waals surface area contributed by atoms with Crippen molar-refractivity contribution in [3.05, 3.63) is 48.3 Å². The number of pyridine rings is 1. The lowest BCUT2D eigenvalue weighted by Crippen LogP contribution is -2.08. The molecule has 0 radical (unpaired) electrons. The molecule has 1 N–H and O–H groups in total. The Morgan fingerprint density at radius 2 is 2.00 bits per heavy atom. The van der Waals surface area contributed by atoms with Crippen LogP contribution in [-0.2, 0) is 4.74 Å². The number of benzene rings is 1. The van der Waals surface area contributed by atoms with Crippen molar-refractivity contribution < 1.29 is 14.3 Å². The third-order valence-corrected chi connectivity index (χ3v) is 2.69. The van der Waals surface area contributed by atoms with Gasteiger partial charge in [0.25, 0.3) is 0 Å². The van der Waals surface area contributed by atoms with Gasteiger partial charge in [-0.2, -0.15) is 0 Å². The zero-order valence-electron chi connectivity index (χ0n) is 11.4. The molecule has 20 heavy (non-hydrogen) atoms. The lowest BCUT2D eigenvalue weighted by atomic mass is 10.2. The van der Waals surface area contributed by atoms with Gasteiger partial charge in [0.05, 0.1) is 19.4 Å². The molecular weight excluding hydrogens is 256 g/mol. The molecule has 5 nitrogen and oxygen atoms in total. The third-order valence-electron chi connectivity index (χ3n) is 2.69. The van der Waals surface area contributed by atoms with Crippen LogP contribution < -0.4 is 10.1 Å². The van der Waals surface area contributed by atoms with Crippen molar-refractivity contribution in [3.63, 3.8) is 0 Å². The molecule has 0 bridgehead atoms. The van der Waals surface area contributed by atoms with E-state index in [9.17, 15) is 4.79 Å². The van der Waals surface area contributed by atoms with Crippen molar-refractivity contribution in [2.45, 2.75) is 6.92 Å². The number of esters is 1. The average Bonchev–Trinajstić information content (AvgIpc) is 2.49. The Balaban J connectivity index is 2.21. The fourth-order valence-corrected chi connectivity index (χ4v) is 1.70. The average molecular weight is 272 g/mol. The second-order valence-corrected chi connectivity index (χ2v) is 4.00. The molecule has 1 aromatic heterocycles. The van der Waals surface area contributed by atoms with Crippen molar-refractivity contribution in [2.24, 2.45) is 0 Å². The molecule has 0 atom stereocenters. The van der Waals surface area contributed by atoms with Crippen LogP contribution in [0.3, 0.4) is 0 Å². The minimum Gasteiger partial charge on any atom is -0.497 e. The van der Waals surface area contributed by atoms with E-state index in [1.165, 1.54) is 6.20 Å². The maximum absolute atomic E-state index is 11.8. The van der Waals surface area contributed by atoms with Gasteiger partial charge in [-0.25, -0.2) is 4.79 Å². The highest BCUT2D eigenvalue weighted by molar-refractivity contribution is 5.96. The number of nitrogens with one attached hydrogen (secondary N) is 1. The van der Waals surface area contributed by atoms with E-state index >= 15 is 0 Å². The molecule has 104 valence electrons. The number of hydrogen-bond donors (Lipinski definition) is 1. The molecular formula is C15H16N2O3. The standard InChI is InChI=1S/C15H16N2O3/c1-3-20-15(18)13-10-16-9-8-14(13)17-11-4-6-12(19-2)7-5-11/h4-10H,3H2,1-2H3,(H,16,17). The van der Waals surface area contributed by atoms with Gasteiger partial charge in [0, 0.05) is 18.1 Å². The zero-order chi connectivity index (χ0) is 14.4. The van der Waals surface area contributed by atoms with Gasteiger partial charge >= 0.3 is 5.97 Å². The van der Waals surface area contributed by atoms with Crippen molar-refractivity contribution in [1.82, 2.24) is 4.98 Å². The summed E-state index contributed by atoms with van der Waals surface area (Å²) in [5.41, 5.74) is 1.91. The van der Waals surface area contributed by atoms with Gasteiger partial charge in [0.1, 0.15) is 11.3 Å². The Morgan fingerprint density at radius 3 is 2.65 bits per heavy atom. The molecule has 0 spiro atoms. The van der Waals surface area contributed by atoms with Gasteiger partial charge in [-0.15, -0.1) is 0 Å². The Bertz CT molecular complexity index is 582. The van der Waals surface area contributed by atoms with Crippen LogP contribution >= 0.6 is 0 Å². The smallest absolute Gasteiger partial charge is 0.341 e. The highest BCUT2D eigenvalue weighted by Gasteiger charge is 2.12. The van der Waals surface area contributed by atoms with E-state index in [0.29, 0.717) is 17.9 Å². The first-order valence-electron chi connectivity index (χ1n) is 6.26. The molecule has 1 heterocycles. The predicted molar refractivity (Wildman–Crippen MR) is 76.5 cm³/mol. The van der Waals surface area contributed by atoms with Crippen LogP contribution in [0.5, 0.6) is 5.75 Å². The molecule has 0 unspecified atom stereocenters. The van der Waals surface area contributed by atoms with E-state index in [4.69, 9.17) is 9.47 Å². The summed E-state index contributed by atoms with van der Waals surface area (Å²) < 4.78 is 10.1. The third kappa shape index (κ3) is 3.26. The highest BCUT2D eigenvalue weighted by atomic mass is 16.5. The van der Waals surface area contributed by atoms with Crippen molar-refractivity contribution >= 4 is 17.3 Å². The van der Waals surface area contributed by atoms with Crippen molar-refractivity contribution in [1.29, 1.82) is 0 Å². The van der Waals surface area contributed by atoms with Crippen LogP contribution in [-0.4, -0.2) is 24.7 Å². The fraction of sp³-hybridized carbons (Fsp3) is 0.200. The van der Waals surface area contributed by atoms with Gasteiger partial charge < -0.3 is 14.8 Å². The number of hydrogen-bond acceptors (Lipinski definition) is 5. The summed E-state index contributed by atoms with van der Waals surface area (Å²) in [4.78, 5) is 15.8. The Labute approximate surface area is 117 Å². The molecule has 0 fully saturated rings. The SMILES string of the molecule is CCOC(=O)c1cnccc1Nc1ccc(OC)cc1. The van der Waals surface area contributed by atoms with Crippen LogP contribution in [0.15, 0.2) is 42.7 Å². The molecule has 0 aliphatic rings. The van der Waals surface area contributed by atoms with Crippen LogP contribution in [0, 0.1) is 0 Å². The molecule has 0 saturated carbocycles. The van der Waals surface area contributed by atoms with Crippen molar-refractivity contribution in [2.75, 3.05) is 19.0 Å². The Morgan fingerprint density at radius 1 is 1.25 bits per heavy atom. The maximum Gasteiger partial charge on any atom is 0.341 e. The number of ether oxygens (including phenoxy) is 2. The largest absolute Gasteiger partial charge is 0.497 e. The predicted octanol–water partition coefficient (Wildman–Crippen LogP) is 3.01. The zero-order valence-corrected chi connectivity index (χ0v) is 11.4. The quantitative estimate of drug-likeness (QED) is 0.848. The van der Waals surface area contributed by atoms with Gasteiger partial charge in [0.15, 0.2) is 0 Å². The summed E-state index contributed by atoms with van der Waals surface area (Å²) in [7, 11) is 1.62. The number of aromatic nitrogens is 1. The number of anilines is 2. The van der Waals surface area contributed by atoms with E-state index in [0.717, 1.165) is 11.4 Å². The second-order valence-electron chi connectivity index (χ2n) is 4.00. The van der Waals surface area contributed by atoms with Gasteiger partial charge in [-0.05, 0) is 37.3 Å². The lowest BCUT2D eigenvalue weighted by Gasteiger charge is -2.11. The number of nitrogens with zero attached hydrogens (tertiary/aromatic N) is 1. The summed E-state index contributed by atoms with van der Waals surface area (Å²) >= 11 is 0. The summed E-state index contributed by atoms with van der Waals surface area (Å²) in [5.74, 6) is 0.382. The Hall–Kier alpha value is -2.56. The number of methoxy groups -OCH3 is 1. The molecule has 5 heteroatoms. The summed E-state index contributed by atoms with van der Waals surface area (Å²) in [5, 5.41) is 3.17. The van der Waals surface area contributed by atoms with Gasteiger partial charge in [-0.3, -0.25) is 4.98 Å². The number of carbonyl (C=O) groups excluding carboxylic acids is 1.